The van der Waals surface area contributed by atoms with Gasteiger partial charge in [-0.15, -0.1) is 0 Å². The number of hydrogen-bond donors (Lipinski definition) is 0. The second-order valence-corrected chi connectivity index (χ2v) is 10.5. The fraction of sp³-hybridized carbons (Fsp3) is 0.536. The van der Waals surface area contributed by atoms with Crippen LogP contribution in [0.15, 0.2) is 65.6 Å². The number of nitrogens with zero attached hydrogens (tertiary/aromatic N) is 3. The highest BCUT2D eigenvalue weighted by Gasteiger charge is 2.34. The Labute approximate surface area is 210 Å². The van der Waals surface area contributed by atoms with Gasteiger partial charge in [0.2, 0.25) is 0 Å². The summed E-state index contributed by atoms with van der Waals surface area (Å²) in [6, 6.07) is 21.9. The first-order chi connectivity index (χ1) is 16.5. The van der Waals surface area contributed by atoms with Gasteiger partial charge in [0.15, 0.2) is 0 Å². The van der Waals surface area contributed by atoms with E-state index in [9.17, 15) is 4.79 Å². The molecule has 0 radical (unpaired) electrons. The smallest absolute Gasteiger partial charge is 0.409 e. The lowest BCUT2D eigenvalue weighted by Crippen LogP contribution is -2.48. The number of ether oxygens (including phenoxy) is 1. The van der Waals surface area contributed by atoms with E-state index < -0.39 is 0 Å². The summed E-state index contributed by atoms with van der Waals surface area (Å²) in [5.41, 5.74) is 1.52. The molecule has 1 amide bonds. The average Bonchev–Trinajstić information content (AvgIpc) is 2.88. The molecule has 0 saturated carbocycles. The van der Waals surface area contributed by atoms with Gasteiger partial charge in [-0.1, -0.05) is 55.5 Å². The number of benzene rings is 2. The molecule has 34 heavy (non-hydrogen) atoms. The monoisotopic (exact) mass is 483 g/mol. The van der Waals surface area contributed by atoms with E-state index in [2.05, 4.69) is 83.8 Å². The first kappa shape index (κ1) is 26.6. The van der Waals surface area contributed by atoms with E-state index in [0.717, 1.165) is 51.9 Å². The molecule has 1 unspecified atom stereocenters. The van der Waals surface area contributed by atoms with Crippen LogP contribution < -0.4 is 0 Å². The molecule has 1 saturated heterocycles. The van der Waals surface area contributed by atoms with Gasteiger partial charge in [-0.25, -0.2) is 9.10 Å². The number of hydrogen-bond acceptors (Lipinski definition) is 5. The van der Waals surface area contributed by atoms with E-state index in [4.69, 9.17) is 4.74 Å². The molecule has 3 rings (SSSR count). The second-order valence-electron chi connectivity index (χ2n) is 9.27. The van der Waals surface area contributed by atoms with Crippen LogP contribution in [0.4, 0.5) is 4.79 Å². The predicted molar refractivity (Wildman–Crippen MR) is 142 cm³/mol. The summed E-state index contributed by atoms with van der Waals surface area (Å²) < 4.78 is 7.38. The summed E-state index contributed by atoms with van der Waals surface area (Å²) in [6.07, 6.45) is 4.04. The molecule has 0 aromatic heterocycles. The summed E-state index contributed by atoms with van der Waals surface area (Å²) in [6.45, 7) is 9.19. The van der Waals surface area contributed by atoms with Crippen LogP contribution in [0.5, 0.6) is 0 Å². The predicted octanol–water partition coefficient (Wildman–Crippen LogP) is 5.92. The van der Waals surface area contributed by atoms with Gasteiger partial charge in [-0.2, -0.15) is 0 Å². The van der Waals surface area contributed by atoms with Crippen LogP contribution in [0.3, 0.4) is 0 Å². The van der Waals surface area contributed by atoms with Crippen molar-refractivity contribution in [2.75, 3.05) is 46.9 Å². The maximum atomic E-state index is 12.1. The Bertz CT molecular complexity index is 858. The molecule has 0 spiro atoms. The highest BCUT2D eigenvalue weighted by atomic mass is 32.2. The van der Waals surface area contributed by atoms with Gasteiger partial charge in [0.1, 0.15) is 0 Å². The van der Waals surface area contributed by atoms with Crippen molar-refractivity contribution in [1.82, 2.24) is 14.1 Å². The Kier molecular flexibility index (Phi) is 10.3. The summed E-state index contributed by atoms with van der Waals surface area (Å²) in [5.74, 6) is 0. The number of likely N-dealkylation sites (tertiary alicyclic amines) is 1. The van der Waals surface area contributed by atoms with Gasteiger partial charge < -0.3 is 14.5 Å². The van der Waals surface area contributed by atoms with Gasteiger partial charge >= 0.3 is 6.09 Å². The Morgan fingerprint density at radius 1 is 1.06 bits per heavy atom. The van der Waals surface area contributed by atoms with Gasteiger partial charge in [0.05, 0.1) is 7.11 Å². The third-order valence-corrected chi connectivity index (χ3v) is 8.17. The molecule has 0 aliphatic carbocycles. The SMILES string of the molecule is CCN(C(=O)OC)C1CCN(CCC(CC)(CN(C)Sc2ccccc2)c2ccccc2)CC1. The zero-order valence-corrected chi connectivity index (χ0v) is 22.1. The molecule has 1 heterocycles. The molecule has 0 N–H and O–H groups in total. The molecule has 1 atom stereocenters. The number of amides is 1. The zero-order chi connectivity index (χ0) is 24.4. The van der Waals surface area contributed by atoms with Gasteiger partial charge in [0.25, 0.3) is 0 Å². The molecule has 6 heteroatoms. The van der Waals surface area contributed by atoms with Gasteiger partial charge in [-0.05, 0) is 75.8 Å². The van der Waals surface area contributed by atoms with Crippen LogP contribution >= 0.6 is 11.9 Å². The minimum Gasteiger partial charge on any atom is -0.453 e. The lowest BCUT2D eigenvalue weighted by molar-refractivity contribution is 0.0784. The third kappa shape index (κ3) is 7.00. The van der Waals surface area contributed by atoms with Crippen LogP contribution in [-0.2, 0) is 10.2 Å². The molecular formula is C28H41N3O2S. The topological polar surface area (TPSA) is 36.0 Å². The lowest BCUT2D eigenvalue weighted by Gasteiger charge is -2.41. The molecule has 2 aromatic carbocycles. The summed E-state index contributed by atoms with van der Waals surface area (Å²) in [5, 5.41) is 0. The molecule has 186 valence electrons. The molecule has 1 aliphatic heterocycles. The van der Waals surface area contributed by atoms with Crippen LogP contribution in [0, 0.1) is 0 Å². The van der Waals surface area contributed by atoms with Crippen molar-refractivity contribution in [1.29, 1.82) is 0 Å². The third-order valence-electron chi connectivity index (χ3n) is 7.25. The van der Waals surface area contributed by atoms with Crippen LogP contribution in [-0.4, -0.2) is 73.1 Å². The average molecular weight is 484 g/mol. The standard InChI is InChI=1S/C28H41N3O2S/c1-5-28(24-13-9-7-10-14-24,23-29(3)34-26-15-11-8-12-16-26)19-22-30-20-17-25(18-21-30)31(6-2)27(32)33-4/h7-16,25H,5-6,17-23H2,1-4H3. The molecule has 1 fully saturated rings. The Balaban J connectivity index is 1.65. The highest BCUT2D eigenvalue weighted by molar-refractivity contribution is 7.97. The number of rotatable bonds is 11. The van der Waals surface area contributed by atoms with Crippen molar-refractivity contribution in [3.8, 4) is 0 Å². The molecular weight excluding hydrogens is 442 g/mol. The van der Waals surface area contributed by atoms with Crippen molar-refractivity contribution in [2.24, 2.45) is 0 Å². The normalized spacial score (nSPS) is 16.9. The molecule has 0 bridgehead atoms. The van der Waals surface area contributed by atoms with E-state index in [1.165, 1.54) is 17.6 Å². The quantitative estimate of drug-likeness (QED) is 0.371. The molecule has 1 aliphatic rings. The van der Waals surface area contributed by atoms with E-state index in [1.807, 2.05) is 23.8 Å². The van der Waals surface area contributed by atoms with Crippen molar-refractivity contribution in [2.45, 2.75) is 55.9 Å². The van der Waals surface area contributed by atoms with Crippen molar-refractivity contribution in [3.05, 3.63) is 66.2 Å². The van der Waals surface area contributed by atoms with Gasteiger partial charge in [0, 0.05) is 42.5 Å². The van der Waals surface area contributed by atoms with Crippen LogP contribution in [0.25, 0.3) is 0 Å². The summed E-state index contributed by atoms with van der Waals surface area (Å²) >= 11 is 1.82. The Hall–Kier alpha value is -2.02. The van der Waals surface area contributed by atoms with Crippen molar-refractivity contribution >= 4 is 18.0 Å². The summed E-state index contributed by atoms with van der Waals surface area (Å²) in [7, 11) is 3.68. The number of methoxy groups -OCH3 is 1. The van der Waals surface area contributed by atoms with Crippen LogP contribution in [0.2, 0.25) is 0 Å². The fourth-order valence-electron chi connectivity index (χ4n) is 5.20. The minimum absolute atomic E-state index is 0.0934. The Morgan fingerprint density at radius 3 is 2.24 bits per heavy atom. The highest BCUT2D eigenvalue weighted by Crippen LogP contribution is 2.36. The fourth-order valence-corrected chi connectivity index (χ4v) is 6.15. The Morgan fingerprint density at radius 2 is 1.68 bits per heavy atom. The maximum absolute atomic E-state index is 12.1. The number of carbonyl (C=O) groups is 1. The summed E-state index contributed by atoms with van der Waals surface area (Å²) in [4.78, 5) is 17.8. The second kappa shape index (κ2) is 13.2. The molecule has 5 nitrogen and oxygen atoms in total. The number of piperidine rings is 1. The van der Waals surface area contributed by atoms with Gasteiger partial charge in [-0.3, -0.25) is 0 Å². The van der Waals surface area contributed by atoms with Crippen molar-refractivity contribution < 1.29 is 9.53 Å². The van der Waals surface area contributed by atoms with Crippen molar-refractivity contribution in [3.63, 3.8) is 0 Å². The first-order valence-electron chi connectivity index (χ1n) is 12.6. The van der Waals surface area contributed by atoms with E-state index in [-0.39, 0.29) is 17.6 Å². The maximum Gasteiger partial charge on any atom is 0.409 e. The largest absolute Gasteiger partial charge is 0.453 e. The zero-order valence-electron chi connectivity index (χ0n) is 21.3. The van der Waals surface area contributed by atoms with Crippen LogP contribution in [0.1, 0.15) is 45.1 Å². The lowest BCUT2D eigenvalue weighted by atomic mass is 9.75. The van der Waals surface area contributed by atoms with E-state index in [0.29, 0.717) is 6.54 Å². The first-order valence-corrected chi connectivity index (χ1v) is 13.3. The van der Waals surface area contributed by atoms with E-state index in [1.54, 1.807) is 0 Å². The number of carbonyl (C=O) groups excluding carboxylic acids is 1. The van der Waals surface area contributed by atoms with E-state index >= 15 is 0 Å². The minimum atomic E-state index is -0.200. The molecule has 2 aromatic rings. The number of likely N-dealkylation sites (N-methyl/N-ethyl adjacent to an activating group) is 1.